The molecule has 0 saturated carbocycles. The van der Waals surface area contributed by atoms with Crippen LogP contribution in [0.3, 0.4) is 0 Å². The molecule has 0 aliphatic carbocycles. The molecule has 1 atom stereocenters. The number of benzene rings is 2. The van der Waals surface area contributed by atoms with Crippen LogP contribution in [0.5, 0.6) is 17.2 Å². The maximum atomic E-state index is 5.46. The average Bonchev–Trinajstić information content (AvgIpc) is 3.24. The Labute approximate surface area is 203 Å². The fourth-order valence-electron chi connectivity index (χ4n) is 3.96. The van der Waals surface area contributed by atoms with E-state index in [0.29, 0.717) is 29.7 Å². The SMILES string of the molecule is CCNC(=NCc1cc(OC)c(OC)c(OC)c1)N1CCC(Cc2ccccc2)C1.I. The van der Waals surface area contributed by atoms with E-state index in [9.17, 15) is 0 Å². The molecule has 0 aromatic heterocycles. The highest BCUT2D eigenvalue weighted by Crippen LogP contribution is 2.38. The molecule has 1 unspecified atom stereocenters. The number of aliphatic imine (C=N–C) groups is 1. The number of guanidine groups is 1. The summed E-state index contributed by atoms with van der Waals surface area (Å²) in [6, 6.07) is 14.6. The van der Waals surface area contributed by atoms with Crippen molar-refractivity contribution in [2.75, 3.05) is 41.0 Å². The van der Waals surface area contributed by atoms with Crippen molar-refractivity contribution >= 4 is 29.9 Å². The number of rotatable bonds is 8. The molecular weight excluding hydrogens is 505 g/mol. The van der Waals surface area contributed by atoms with Gasteiger partial charge in [0, 0.05) is 19.6 Å². The number of ether oxygens (including phenoxy) is 3. The van der Waals surface area contributed by atoms with Crippen molar-refractivity contribution in [2.45, 2.75) is 26.3 Å². The standard InChI is InChI=1S/C24H33N3O3.HI/c1-5-25-24(27-12-11-19(17-27)13-18-9-7-6-8-10-18)26-16-20-14-21(28-2)23(30-4)22(15-20)29-3;/h6-10,14-15,19H,5,11-13,16-17H2,1-4H3,(H,25,26);1H. The molecule has 1 aliphatic rings. The summed E-state index contributed by atoms with van der Waals surface area (Å²) in [5.74, 6) is 3.51. The van der Waals surface area contributed by atoms with Gasteiger partial charge in [0.25, 0.3) is 0 Å². The first-order valence-corrected chi connectivity index (χ1v) is 10.5. The van der Waals surface area contributed by atoms with Crippen LogP contribution in [0, 0.1) is 5.92 Å². The molecule has 0 amide bonds. The minimum Gasteiger partial charge on any atom is -0.493 e. The second kappa shape index (κ2) is 12.6. The van der Waals surface area contributed by atoms with Crippen LogP contribution in [0.4, 0.5) is 0 Å². The fourth-order valence-corrected chi connectivity index (χ4v) is 3.96. The van der Waals surface area contributed by atoms with Crippen molar-refractivity contribution < 1.29 is 14.2 Å². The fraction of sp³-hybridized carbons (Fsp3) is 0.458. The van der Waals surface area contributed by atoms with E-state index >= 15 is 0 Å². The second-order valence-electron chi connectivity index (χ2n) is 7.49. The number of nitrogens with zero attached hydrogens (tertiary/aromatic N) is 2. The first-order valence-electron chi connectivity index (χ1n) is 10.5. The van der Waals surface area contributed by atoms with E-state index in [1.54, 1.807) is 21.3 Å². The van der Waals surface area contributed by atoms with Gasteiger partial charge in [-0.25, -0.2) is 4.99 Å². The predicted molar refractivity (Wildman–Crippen MR) is 136 cm³/mol. The van der Waals surface area contributed by atoms with Crippen LogP contribution in [0.1, 0.15) is 24.5 Å². The Hall–Kier alpha value is -2.16. The van der Waals surface area contributed by atoms with Gasteiger partial charge >= 0.3 is 0 Å². The molecule has 3 rings (SSSR count). The normalized spacial score (nSPS) is 15.9. The molecule has 1 aliphatic heterocycles. The van der Waals surface area contributed by atoms with Gasteiger partial charge in [0.2, 0.25) is 5.75 Å². The van der Waals surface area contributed by atoms with E-state index in [4.69, 9.17) is 19.2 Å². The zero-order chi connectivity index (χ0) is 21.3. The van der Waals surface area contributed by atoms with Crippen molar-refractivity contribution in [1.29, 1.82) is 0 Å². The van der Waals surface area contributed by atoms with Crippen LogP contribution >= 0.6 is 24.0 Å². The van der Waals surface area contributed by atoms with Gasteiger partial charge in [0.05, 0.1) is 27.9 Å². The van der Waals surface area contributed by atoms with Crippen molar-refractivity contribution in [3.05, 3.63) is 53.6 Å². The second-order valence-corrected chi connectivity index (χ2v) is 7.49. The highest BCUT2D eigenvalue weighted by molar-refractivity contribution is 14.0. The number of methoxy groups -OCH3 is 3. The quantitative estimate of drug-likeness (QED) is 0.307. The van der Waals surface area contributed by atoms with Crippen LogP contribution in [-0.2, 0) is 13.0 Å². The van der Waals surface area contributed by atoms with Gasteiger partial charge in [-0.05, 0) is 48.9 Å². The lowest BCUT2D eigenvalue weighted by Gasteiger charge is -2.22. The molecule has 1 N–H and O–H groups in total. The Bertz CT molecular complexity index is 820. The van der Waals surface area contributed by atoms with Crippen molar-refractivity contribution in [3.8, 4) is 17.2 Å². The lowest BCUT2D eigenvalue weighted by atomic mass is 9.99. The molecular formula is C24H34IN3O3. The summed E-state index contributed by atoms with van der Waals surface area (Å²) in [6.45, 7) is 5.54. The van der Waals surface area contributed by atoms with Gasteiger partial charge < -0.3 is 24.4 Å². The van der Waals surface area contributed by atoms with E-state index in [1.165, 1.54) is 12.0 Å². The molecule has 0 radical (unpaired) electrons. The Morgan fingerprint density at radius 1 is 1.03 bits per heavy atom. The third-order valence-corrected chi connectivity index (χ3v) is 5.42. The summed E-state index contributed by atoms with van der Waals surface area (Å²) in [6.07, 6.45) is 2.30. The van der Waals surface area contributed by atoms with Crippen LogP contribution in [0.25, 0.3) is 0 Å². The Morgan fingerprint density at radius 2 is 1.71 bits per heavy atom. The average molecular weight is 539 g/mol. The molecule has 1 heterocycles. The van der Waals surface area contributed by atoms with Crippen LogP contribution in [0.2, 0.25) is 0 Å². The third-order valence-electron chi connectivity index (χ3n) is 5.42. The summed E-state index contributed by atoms with van der Waals surface area (Å²) < 4.78 is 16.3. The highest BCUT2D eigenvalue weighted by atomic mass is 127. The zero-order valence-corrected chi connectivity index (χ0v) is 21.2. The van der Waals surface area contributed by atoms with Crippen molar-refractivity contribution in [2.24, 2.45) is 10.9 Å². The molecule has 0 spiro atoms. The van der Waals surface area contributed by atoms with Gasteiger partial charge in [0.15, 0.2) is 17.5 Å². The third kappa shape index (κ3) is 6.66. The van der Waals surface area contributed by atoms with Crippen LogP contribution in [0.15, 0.2) is 47.5 Å². The lowest BCUT2D eigenvalue weighted by molar-refractivity contribution is 0.324. The van der Waals surface area contributed by atoms with Crippen LogP contribution in [-0.4, -0.2) is 51.8 Å². The summed E-state index contributed by atoms with van der Waals surface area (Å²) in [7, 11) is 4.87. The summed E-state index contributed by atoms with van der Waals surface area (Å²) in [5.41, 5.74) is 2.42. The maximum absolute atomic E-state index is 5.46. The van der Waals surface area contributed by atoms with E-state index in [2.05, 4.69) is 47.5 Å². The largest absolute Gasteiger partial charge is 0.493 e. The molecule has 6 nitrogen and oxygen atoms in total. The van der Waals surface area contributed by atoms with Crippen molar-refractivity contribution in [3.63, 3.8) is 0 Å². The molecule has 31 heavy (non-hydrogen) atoms. The van der Waals surface area contributed by atoms with Gasteiger partial charge in [0.1, 0.15) is 0 Å². The van der Waals surface area contributed by atoms with E-state index < -0.39 is 0 Å². The first-order chi connectivity index (χ1) is 14.7. The number of halogens is 1. The summed E-state index contributed by atoms with van der Waals surface area (Å²) in [5, 5.41) is 3.45. The molecule has 1 fully saturated rings. The number of hydrogen-bond donors (Lipinski definition) is 1. The van der Waals surface area contributed by atoms with E-state index in [1.807, 2.05) is 12.1 Å². The summed E-state index contributed by atoms with van der Waals surface area (Å²) >= 11 is 0. The Kier molecular flexibility index (Phi) is 10.2. The monoisotopic (exact) mass is 539 g/mol. The zero-order valence-electron chi connectivity index (χ0n) is 18.9. The molecule has 2 aromatic carbocycles. The predicted octanol–water partition coefficient (Wildman–Crippen LogP) is 4.36. The number of likely N-dealkylation sites (tertiary alicyclic amines) is 1. The summed E-state index contributed by atoms with van der Waals surface area (Å²) in [4.78, 5) is 7.26. The van der Waals surface area contributed by atoms with Gasteiger partial charge in [-0.1, -0.05) is 30.3 Å². The van der Waals surface area contributed by atoms with Gasteiger partial charge in [-0.3, -0.25) is 0 Å². The van der Waals surface area contributed by atoms with Gasteiger partial charge in [-0.15, -0.1) is 24.0 Å². The topological polar surface area (TPSA) is 55.3 Å². The molecule has 7 heteroatoms. The minimum atomic E-state index is 0. The Balaban J connectivity index is 0.00000341. The first kappa shape index (κ1) is 25.1. The Morgan fingerprint density at radius 3 is 2.29 bits per heavy atom. The van der Waals surface area contributed by atoms with Gasteiger partial charge in [-0.2, -0.15) is 0 Å². The maximum Gasteiger partial charge on any atom is 0.203 e. The van der Waals surface area contributed by atoms with Crippen LogP contribution < -0.4 is 19.5 Å². The molecule has 170 valence electrons. The highest BCUT2D eigenvalue weighted by Gasteiger charge is 2.25. The van der Waals surface area contributed by atoms with Crippen molar-refractivity contribution in [1.82, 2.24) is 10.2 Å². The van der Waals surface area contributed by atoms with E-state index in [-0.39, 0.29) is 24.0 Å². The lowest BCUT2D eigenvalue weighted by Crippen LogP contribution is -2.40. The molecule has 0 bridgehead atoms. The molecule has 2 aromatic rings. The number of nitrogens with one attached hydrogen (secondary N) is 1. The number of hydrogen-bond acceptors (Lipinski definition) is 4. The van der Waals surface area contributed by atoms with E-state index in [0.717, 1.165) is 37.6 Å². The molecule has 1 saturated heterocycles. The smallest absolute Gasteiger partial charge is 0.203 e. The minimum absolute atomic E-state index is 0.